The lowest BCUT2D eigenvalue weighted by Crippen LogP contribution is -2.62. The van der Waals surface area contributed by atoms with Crippen molar-refractivity contribution in [3.05, 3.63) is 92.3 Å². The molecule has 0 radical (unpaired) electrons. The molecule has 0 aliphatic carbocycles. The molecule has 59 heavy (non-hydrogen) atoms. The summed E-state index contributed by atoms with van der Waals surface area (Å²) in [7, 11) is 5.86. The zero-order valence-electron chi connectivity index (χ0n) is 33.8. The van der Waals surface area contributed by atoms with Gasteiger partial charge in [-0.05, 0) is 54.7 Å². The van der Waals surface area contributed by atoms with Crippen molar-refractivity contribution in [1.29, 1.82) is 0 Å². The second-order valence-corrected chi connectivity index (χ2v) is 15.7. The molecule has 13 nitrogen and oxygen atoms in total. The third-order valence-electron chi connectivity index (χ3n) is 12.2. The molecular formula is C42H49F4N7O6. The lowest BCUT2D eigenvalue weighted by atomic mass is 9.86. The van der Waals surface area contributed by atoms with Gasteiger partial charge in [0, 0.05) is 90.7 Å². The van der Waals surface area contributed by atoms with E-state index in [-0.39, 0.29) is 48.7 Å². The normalized spacial score (nSPS) is 22.5. The van der Waals surface area contributed by atoms with Crippen LogP contribution in [0.2, 0.25) is 0 Å². The first-order valence-corrected chi connectivity index (χ1v) is 19.6. The monoisotopic (exact) mass is 823 g/mol. The van der Waals surface area contributed by atoms with Crippen LogP contribution in [0.3, 0.4) is 0 Å². The molecular weight excluding hydrogens is 774 g/mol. The summed E-state index contributed by atoms with van der Waals surface area (Å²) in [6.45, 7) is 9.09. The van der Waals surface area contributed by atoms with Gasteiger partial charge in [-0.2, -0.15) is 13.2 Å². The number of methoxy groups -OCH3 is 2. The summed E-state index contributed by atoms with van der Waals surface area (Å²) in [5.74, 6) is -0.126. The summed E-state index contributed by atoms with van der Waals surface area (Å²) in [5, 5.41) is 2.35. The number of carbonyl (C=O) groups is 2. The quantitative estimate of drug-likeness (QED) is 0.142. The Bertz CT molecular complexity index is 2410. The topological polar surface area (TPSA) is 123 Å². The Morgan fingerprint density at radius 2 is 1.63 bits per heavy atom. The number of hydrogen-bond acceptors (Lipinski definition) is 9. The van der Waals surface area contributed by atoms with Crippen molar-refractivity contribution in [2.45, 2.75) is 63.2 Å². The van der Waals surface area contributed by atoms with Gasteiger partial charge in [-0.3, -0.25) is 43.5 Å². The van der Waals surface area contributed by atoms with Gasteiger partial charge in [0.1, 0.15) is 23.1 Å². The van der Waals surface area contributed by atoms with Crippen LogP contribution in [0.1, 0.15) is 47.6 Å². The van der Waals surface area contributed by atoms with E-state index < -0.39 is 41.0 Å². The number of carbonyl (C=O) groups excluding carboxylic acids is 2. The standard InChI is InChI=1S/C42H49F4N7O6/c1-7-41(43)24-51(23-29-32(58-5)19-27(20-33(29)59-6)28-22-48(3)39(56)36(25(28)2)42(44,45)46)14-13-34(41)52-17-15-50(16-18-52)21-26-9-8-10-30-37(26)49(4)40(57)53(30)31-11-12-35(54)47-38(31)55/h7-10,19-20,22,31,34H,1,11-18,21,23-24H2,2-6H3,(H,47,54,55). The number of imide groups is 1. The van der Waals surface area contributed by atoms with Crippen LogP contribution in [0.5, 0.6) is 11.5 Å². The van der Waals surface area contributed by atoms with Crippen molar-refractivity contribution in [2.24, 2.45) is 14.1 Å². The average Bonchev–Trinajstić information content (AvgIpc) is 3.45. The zero-order chi connectivity index (χ0) is 42.6. The summed E-state index contributed by atoms with van der Waals surface area (Å²) in [6, 6.07) is 7.68. The Kier molecular flexibility index (Phi) is 11.4. The molecule has 3 saturated heterocycles. The van der Waals surface area contributed by atoms with Crippen LogP contribution >= 0.6 is 0 Å². The minimum absolute atomic E-state index is 0.0461. The van der Waals surface area contributed by atoms with E-state index in [1.807, 2.05) is 23.1 Å². The minimum Gasteiger partial charge on any atom is -0.496 e. The molecule has 1 N–H and O–H groups in total. The number of aryl methyl sites for hydroxylation is 2. The van der Waals surface area contributed by atoms with Gasteiger partial charge in [-0.25, -0.2) is 9.18 Å². The largest absolute Gasteiger partial charge is 0.496 e. The number of likely N-dealkylation sites (tertiary alicyclic amines) is 1. The SMILES string of the molecule is C=CC1(F)CN(Cc2c(OC)cc(-c3cn(C)c(=O)c(C(F)(F)F)c3C)cc2OC)CCC1N1CCN(Cc2cccc3c2n(C)c(=O)n3C2CCC(=O)NC2=O)CC1. The fourth-order valence-corrected chi connectivity index (χ4v) is 9.21. The fraction of sp³-hybridized carbons (Fsp3) is 0.476. The van der Waals surface area contributed by atoms with E-state index in [1.54, 1.807) is 23.7 Å². The molecule has 2 aromatic heterocycles. The number of hydrogen-bond donors (Lipinski definition) is 1. The van der Waals surface area contributed by atoms with Gasteiger partial charge < -0.3 is 14.0 Å². The van der Waals surface area contributed by atoms with Gasteiger partial charge in [0.05, 0.1) is 30.8 Å². The second-order valence-electron chi connectivity index (χ2n) is 15.7. The summed E-state index contributed by atoms with van der Waals surface area (Å²) in [6.07, 6.45) is -1.19. The predicted octanol–water partition coefficient (Wildman–Crippen LogP) is 4.31. The third kappa shape index (κ3) is 7.71. The number of pyridine rings is 1. The number of halogens is 4. The number of piperidine rings is 2. The van der Waals surface area contributed by atoms with Crippen molar-refractivity contribution in [3.63, 3.8) is 0 Å². The molecule has 3 unspecified atom stereocenters. The number of fused-ring (bicyclic) bond motifs is 1. The van der Waals surface area contributed by atoms with Crippen LogP contribution in [-0.4, -0.2) is 105 Å². The fourth-order valence-electron chi connectivity index (χ4n) is 9.21. The average molecular weight is 824 g/mol. The molecule has 2 aromatic carbocycles. The second kappa shape index (κ2) is 16.1. The number of nitrogens with zero attached hydrogens (tertiary/aromatic N) is 6. The van der Waals surface area contributed by atoms with Crippen LogP contribution in [-0.2, 0) is 43.0 Å². The van der Waals surface area contributed by atoms with E-state index in [0.29, 0.717) is 73.8 Å². The molecule has 2 amide bonds. The highest BCUT2D eigenvalue weighted by Gasteiger charge is 2.46. The number of alkyl halides is 4. The molecule has 3 fully saturated rings. The first-order chi connectivity index (χ1) is 28.0. The van der Waals surface area contributed by atoms with E-state index in [2.05, 4.69) is 21.7 Å². The number of benzene rings is 2. The molecule has 4 aromatic rings. The van der Waals surface area contributed by atoms with Crippen LogP contribution < -0.4 is 26.0 Å². The third-order valence-corrected chi connectivity index (χ3v) is 12.2. The summed E-state index contributed by atoms with van der Waals surface area (Å²) in [5.41, 5.74) is -1.21. The van der Waals surface area contributed by atoms with Crippen molar-refractivity contribution in [2.75, 3.05) is 53.5 Å². The maximum atomic E-state index is 17.0. The highest BCUT2D eigenvalue weighted by atomic mass is 19.4. The lowest BCUT2D eigenvalue weighted by Gasteiger charge is -2.49. The Balaban J connectivity index is 1.04. The number of imidazole rings is 1. The zero-order valence-corrected chi connectivity index (χ0v) is 33.8. The molecule has 5 heterocycles. The number of amides is 2. The molecule has 3 aliphatic rings. The predicted molar refractivity (Wildman–Crippen MR) is 213 cm³/mol. The number of rotatable bonds is 10. The molecule has 17 heteroatoms. The van der Waals surface area contributed by atoms with Gasteiger partial charge >= 0.3 is 11.9 Å². The van der Waals surface area contributed by atoms with E-state index in [9.17, 15) is 32.3 Å². The Morgan fingerprint density at radius 3 is 2.24 bits per heavy atom. The Morgan fingerprint density at radius 1 is 0.949 bits per heavy atom. The van der Waals surface area contributed by atoms with Gasteiger partial charge in [-0.1, -0.05) is 24.8 Å². The maximum absolute atomic E-state index is 17.0. The van der Waals surface area contributed by atoms with E-state index in [0.717, 1.165) is 15.6 Å². The van der Waals surface area contributed by atoms with Crippen LogP contribution in [0.4, 0.5) is 17.6 Å². The van der Waals surface area contributed by atoms with Gasteiger partial charge in [0.15, 0.2) is 5.67 Å². The van der Waals surface area contributed by atoms with Crippen LogP contribution in [0.15, 0.2) is 58.8 Å². The maximum Gasteiger partial charge on any atom is 0.421 e. The van der Waals surface area contributed by atoms with Gasteiger partial charge in [-0.15, -0.1) is 0 Å². The molecule has 7 rings (SSSR count). The van der Waals surface area contributed by atoms with Crippen molar-refractivity contribution < 1.29 is 36.6 Å². The Labute approximate surface area is 338 Å². The number of piperazine rings is 1. The highest BCUT2D eigenvalue weighted by Crippen LogP contribution is 2.41. The molecule has 0 spiro atoms. The summed E-state index contributed by atoms with van der Waals surface area (Å²) in [4.78, 5) is 56.8. The van der Waals surface area contributed by atoms with Crippen LogP contribution in [0.25, 0.3) is 22.2 Å². The van der Waals surface area contributed by atoms with E-state index in [4.69, 9.17) is 9.47 Å². The Hall–Kier alpha value is -5.26. The first kappa shape index (κ1) is 41.9. The summed E-state index contributed by atoms with van der Waals surface area (Å²) < 4.78 is 74.3. The van der Waals surface area contributed by atoms with E-state index in [1.165, 1.54) is 45.0 Å². The molecule has 3 atom stereocenters. The van der Waals surface area contributed by atoms with Crippen molar-refractivity contribution >= 4 is 22.8 Å². The number of ether oxygens (including phenoxy) is 2. The molecule has 0 bridgehead atoms. The number of aromatic nitrogens is 3. The summed E-state index contributed by atoms with van der Waals surface area (Å²) >= 11 is 0. The van der Waals surface area contributed by atoms with Gasteiger partial charge in [0.25, 0.3) is 5.56 Å². The highest BCUT2D eigenvalue weighted by molar-refractivity contribution is 6.00. The first-order valence-electron chi connectivity index (χ1n) is 19.6. The molecule has 0 saturated carbocycles. The van der Waals surface area contributed by atoms with Gasteiger partial charge in [0.2, 0.25) is 11.8 Å². The number of nitrogens with one attached hydrogen (secondary N) is 1. The van der Waals surface area contributed by atoms with Crippen LogP contribution in [0, 0.1) is 6.92 Å². The van der Waals surface area contributed by atoms with Crippen molar-refractivity contribution in [1.82, 2.24) is 33.7 Å². The smallest absolute Gasteiger partial charge is 0.421 e. The van der Waals surface area contributed by atoms with Crippen molar-refractivity contribution in [3.8, 4) is 22.6 Å². The van der Waals surface area contributed by atoms with E-state index >= 15 is 4.39 Å². The molecule has 3 aliphatic heterocycles. The number of para-hydroxylation sites is 1. The molecule has 316 valence electrons. The minimum atomic E-state index is -4.85. The lowest BCUT2D eigenvalue weighted by molar-refractivity contribution is -0.139.